The molecule has 122 valence electrons. The molecular weight excluding hydrogens is 294 g/mol. The topological polar surface area (TPSA) is 67.5 Å². The van der Waals surface area contributed by atoms with Crippen LogP contribution in [0, 0.1) is 0 Å². The molecule has 0 aromatic carbocycles. The Hall–Kier alpha value is -2.15. The predicted octanol–water partition coefficient (Wildman–Crippen LogP) is 1.72. The van der Waals surface area contributed by atoms with Crippen LogP contribution in [0.25, 0.3) is 0 Å². The van der Waals surface area contributed by atoms with Crippen molar-refractivity contribution in [3.05, 3.63) is 30.2 Å². The van der Waals surface area contributed by atoms with E-state index in [1.165, 1.54) is 12.8 Å². The summed E-state index contributed by atoms with van der Waals surface area (Å²) in [6.07, 6.45) is 7.19. The fourth-order valence-electron chi connectivity index (χ4n) is 3.34. The Morgan fingerprint density at radius 1 is 1.26 bits per heavy atom. The standard InChI is InChI=1S/C16H21N5O2/c1-2-8-21(7-1)16-15(4-3-6-17-16)22-14-5-9-20(12-14)11-13-10-18-23-19-13/h3-4,6,10,14H,1-2,5,7-9,11-12H2. The number of ether oxygens (including phenoxy) is 1. The lowest BCUT2D eigenvalue weighted by molar-refractivity contribution is 0.196. The van der Waals surface area contributed by atoms with Crippen molar-refractivity contribution in [3.63, 3.8) is 0 Å². The Morgan fingerprint density at radius 3 is 3.00 bits per heavy atom. The first-order valence-corrected chi connectivity index (χ1v) is 8.24. The van der Waals surface area contributed by atoms with Crippen LogP contribution in [0.1, 0.15) is 25.0 Å². The molecule has 4 heterocycles. The van der Waals surface area contributed by atoms with Crippen LogP contribution in [-0.4, -0.2) is 52.5 Å². The highest BCUT2D eigenvalue weighted by atomic mass is 16.6. The maximum absolute atomic E-state index is 6.26. The molecule has 0 N–H and O–H groups in total. The van der Waals surface area contributed by atoms with Crippen LogP contribution in [0.5, 0.6) is 5.75 Å². The van der Waals surface area contributed by atoms with E-state index in [0.29, 0.717) is 0 Å². The van der Waals surface area contributed by atoms with Gasteiger partial charge in [-0.25, -0.2) is 9.61 Å². The van der Waals surface area contributed by atoms with E-state index < -0.39 is 0 Å². The van der Waals surface area contributed by atoms with Gasteiger partial charge < -0.3 is 9.64 Å². The highest BCUT2D eigenvalue weighted by molar-refractivity contribution is 5.52. The third-order valence-corrected chi connectivity index (χ3v) is 4.47. The van der Waals surface area contributed by atoms with Crippen molar-refractivity contribution < 1.29 is 9.37 Å². The zero-order valence-electron chi connectivity index (χ0n) is 13.1. The molecule has 23 heavy (non-hydrogen) atoms. The summed E-state index contributed by atoms with van der Waals surface area (Å²) in [7, 11) is 0. The van der Waals surface area contributed by atoms with Gasteiger partial charge in [-0.1, -0.05) is 10.3 Å². The number of rotatable bonds is 5. The van der Waals surface area contributed by atoms with Gasteiger partial charge in [-0.15, -0.1) is 0 Å². The number of anilines is 1. The lowest BCUT2D eigenvalue weighted by Crippen LogP contribution is -2.26. The summed E-state index contributed by atoms with van der Waals surface area (Å²) >= 11 is 0. The van der Waals surface area contributed by atoms with E-state index in [1.807, 2.05) is 18.3 Å². The van der Waals surface area contributed by atoms with E-state index in [4.69, 9.17) is 4.74 Å². The van der Waals surface area contributed by atoms with Crippen molar-refractivity contribution in [2.75, 3.05) is 31.1 Å². The largest absolute Gasteiger partial charge is 0.485 e. The summed E-state index contributed by atoms with van der Waals surface area (Å²) in [4.78, 5) is 9.18. The molecule has 2 aromatic heterocycles. The molecule has 0 aliphatic carbocycles. The van der Waals surface area contributed by atoms with Crippen molar-refractivity contribution in [1.29, 1.82) is 0 Å². The van der Waals surface area contributed by atoms with Gasteiger partial charge in [0.1, 0.15) is 11.8 Å². The normalized spacial score (nSPS) is 21.9. The zero-order chi connectivity index (χ0) is 15.5. The van der Waals surface area contributed by atoms with Gasteiger partial charge >= 0.3 is 0 Å². The molecule has 2 fully saturated rings. The highest BCUT2D eigenvalue weighted by Crippen LogP contribution is 2.30. The van der Waals surface area contributed by atoms with Crippen LogP contribution in [0.15, 0.2) is 29.2 Å². The minimum atomic E-state index is 0.195. The van der Waals surface area contributed by atoms with Crippen LogP contribution >= 0.6 is 0 Å². The molecule has 2 saturated heterocycles. The van der Waals surface area contributed by atoms with E-state index in [0.717, 1.165) is 56.4 Å². The molecule has 2 aliphatic heterocycles. The average Bonchev–Trinajstić information content (AvgIpc) is 3.31. The number of hydrogen-bond donors (Lipinski definition) is 0. The van der Waals surface area contributed by atoms with Crippen molar-refractivity contribution >= 4 is 5.82 Å². The second-order valence-corrected chi connectivity index (χ2v) is 6.18. The summed E-state index contributed by atoms with van der Waals surface area (Å²) in [5.74, 6) is 1.90. The Bertz CT molecular complexity index is 627. The zero-order valence-corrected chi connectivity index (χ0v) is 13.1. The average molecular weight is 315 g/mol. The number of likely N-dealkylation sites (tertiary alicyclic amines) is 1. The Kier molecular flexibility index (Phi) is 4.10. The van der Waals surface area contributed by atoms with Crippen molar-refractivity contribution in [3.8, 4) is 5.75 Å². The second kappa shape index (κ2) is 6.54. The van der Waals surface area contributed by atoms with Gasteiger partial charge in [-0.2, -0.15) is 0 Å². The van der Waals surface area contributed by atoms with Crippen LogP contribution < -0.4 is 9.64 Å². The predicted molar refractivity (Wildman–Crippen MR) is 84.3 cm³/mol. The fraction of sp³-hybridized carbons (Fsp3) is 0.562. The molecule has 0 radical (unpaired) electrons. The molecule has 4 rings (SSSR count). The second-order valence-electron chi connectivity index (χ2n) is 6.18. The Labute approximate surface area is 135 Å². The smallest absolute Gasteiger partial charge is 0.171 e. The van der Waals surface area contributed by atoms with E-state index in [2.05, 4.69) is 29.7 Å². The molecule has 0 amide bonds. The quantitative estimate of drug-likeness (QED) is 0.832. The molecule has 7 heteroatoms. The summed E-state index contributed by atoms with van der Waals surface area (Å²) in [6.45, 7) is 4.79. The molecule has 0 spiro atoms. The fourth-order valence-corrected chi connectivity index (χ4v) is 3.34. The molecule has 1 unspecified atom stereocenters. The van der Waals surface area contributed by atoms with Crippen LogP contribution in [0.3, 0.4) is 0 Å². The lowest BCUT2D eigenvalue weighted by Gasteiger charge is -2.22. The molecular formula is C16H21N5O2. The molecule has 2 aliphatic rings. The number of pyridine rings is 1. The summed E-state index contributed by atoms with van der Waals surface area (Å²) in [5.41, 5.74) is 0.866. The SMILES string of the molecule is c1cnc(N2CCCC2)c(OC2CCN(Cc3cnon3)C2)c1. The summed E-state index contributed by atoms with van der Waals surface area (Å²) in [6, 6.07) is 3.98. The van der Waals surface area contributed by atoms with Crippen LogP contribution in [0.2, 0.25) is 0 Å². The third kappa shape index (κ3) is 3.29. The minimum Gasteiger partial charge on any atom is -0.485 e. The first-order valence-electron chi connectivity index (χ1n) is 8.24. The van der Waals surface area contributed by atoms with Gasteiger partial charge in [0.2, 0.25) is 0 Å². The summed E-state index contributed by atoms with van der Waals surface area (Å²) in [5, 5.41) is 7.52. The first-order chi connectivity index (χ1) is 11.4. The van der Waals surface area contributed by atoms with E-state index in [-0.39, 0.29) is 6.10 Å². The van der Waals surface area contributed by atoms with Gasteiger partial charge in [0, 0.05) is 38.9 Å². The van der Waals surface area contributed by atoms with Gasteiger partial charge in [0.25, 0.3) is 0 Å². The number of nitrogens with zero attached hydrogens (tertiary/aromatic N) is 5. The Balaban J connectivity index is 1.39. The van der Waals surface area contributed by atoms with E-state index in [9.17, 15) is 0 Å². The van der Waals surface area contributed by atoms with Gasteiger partial charge in [-0.3, -0.25) is 4.90 Å². The van der Waals surface area contributed by atoms with Gasteiger partial charge in [0.05, 0.1) is 6.20 Å². The van der Waals surface area contributed by atoms with E-state index in [1.54, 1.807) is 6.20 Å². The molecule has 0 bridgehead atoms. The molecule has 2 aromatic rings. The van der Waals surface area contributed by atoms with Crippen molar-refractivity contribution in [2.24, 2.45) is 0 Å². The van der Waals surface area contributed by atoms with Gasteiger partial charge in [0.15, 0.2) is 11.6 Å². The number of hydrogen-bond acceptors (Lipinski definition) is 7. The lowest BCUT2D eigenvalue weighted by atomic mass is 10.3. The summed E-state index contributed by atoms with van der Waals surface area (Å²) < 4.78 is 10.9. The van der Waals surface area contributed by atoms with Crippen molar-refractivity contribution in [1.82, 2.24) is 20.2 Å². The van der Waals surface area contributed by atoms with Crippen LogP contribution in [0.4, 0.5) is 5.82 Å². The maximum Gasteiger partial charge on any atom is 0.171 e. The minimum absolute atomic E-state index is 0.195. The van der Waals surface area contributed by atoms with Gasteiger partial charge in [-0.05, 0) is 31.4 Å². The molecule has 1 atom stereocenters. The monoisotopic (exact) mass is 315 g/mol. The maximum atomic E-state index is 6.26. The molecule has 0 saturated carbocycles. The van der Waals surface area contributed by atoms with Crippen molar-refractivity contribution in [2.45, 2.75) is 31.9 Å². The third-order valence-electron chi connectivity index (χ3n) is 4.47. The number of aromatic nitrogens is 3. The first kappa shape index (κ1) is 14.4. The molecule has 7 nitrogen and oxygen atoms in total. The Morgan fingerprint density at radius 2 is 2.17 bits per heavy atom. The highest BCUT2D eigenvalue weighted by Gasteiger charge is 2.26. The van der Waals surface area contributed by atoms with E-state index >= 15 is 0 Å². The van der Waals surface area contributed by atoms with Crippen LogP contribution in [-0.2, 0) is 6.54 Å².